The van der Waals surface area contributed by atoms with E-state index in [2.05, 4.69) is 218 Å². The third-order valence-electron chi connectivity index (χ3n) is 10.7. The average molecular weight is 704 g/mol. The van der Waals surface area contributed by atoms with E-state index in [9.17, 15) is 0 Å². The van der Waals surface area contributed by atoms with Crippen molar-refractivity contribution in [3.63, 3.8) is 0 Å². The van der Waals surface area contributed by atoms with Crippen LogP contribution in [0.2, 0.25) is 0 Å². The molecule has 2 heteroatoms. The minimum atomic E-state index is 0.872. The van der Waals surface area contributed by atoms with Crippen LogP contribution in [0.1, 0.15) is 5.56 Å². The number of nitrogens with zero attached hydrogens (tertiary/aromatic N) is 1. The highest BCUT2D eigenvalue weighted by Gasteiger charge is 2.21. The molecule has 0 bridgehead atoms. The summed E-state index contributed by atoms with van der Waals surface area (Å²) in [6.07, 6.45) is 0. The normalized spacial score (nSPS) is 11.4. The zero-order chi connectivity index (χ0) is 36.7. The van der Waals surface area contributed by atoms with Crippen LogP contribution in [0.15, 0.2) is 211 Å². The number of benzene rings is 9. The van der Waals surface area contributed by atoms with Gasteiger partial charge in [-0.25, -0.2) is 0 Å². The Hall–Kier alpha value is -7.16. The Morgan fingerprint density at radius 2 is 0.891 bits per heavy atom. The first-order chi connectivity index (χ1) is 27.2. The molecular weight excluding hydrogens is 667 g/mol. The van der Waals surface area contributed by atoms with Gasteiger partial charge in [-0.05, 0) is 123 Å². The summed E-state index contributed by atoms with van der Waals surface area (Å²) in [5.41, 5.74) is 15.6. The Kier molecular flexibility index (Phi) is 8.08. The van der Waals surface area contributed by atoms with Crippen molar-refractivity contribution in [2.45, 2.75) is 6.92 Å². The molecule has 9 aromatic carbocycles. The summed E-state index contributed by atoms with van der Waals surface area (Å²) < 4.78 is 6.53. The van der Waals surface area contributed by atoms with Crippen molar-refractivity contribution >= 4 is 49.8 Å². The summed E-state index contributed by atoms with van der Waals surface area (Å²) in [6, 6.07) is 74.1. The number of anilines is 3. The lowest BCUT2D eigenvalue weighted by molar-refractivity contribution is 0.669. The quantitative estimate of drug-likeness (QED) is 0.164. The molecule has 0 saturated heterocycles. The molecule has 10 aromatic rings. The van der Waals surface area contributed by atoms with Gasteiger partial charge in [-0.2, -0.15) is 0 Å². The second kappa shape index (κ2) is 13.7. The fourth-order valence-electron chi connectivity index (χ4n) is 8.01. The van der Waals surface area contributed by atoms with E-state index in [1.54, 1.807) is 0 Å². The molecule has 0 amide bonds. The van der Waals surface area contributed by atoms with Gasteiger partial charge in [0.25, 0.3) is 0 Å². The van der Waals surface area contributed by atoms with E-state index < -0.39 is 0 Å². The number of aryl methyl sites for hydroxylation is 1. The molecule has 0 saturated carbocycles. The van der Waals surface area contributed by atoms with Gasteiger partial charge in [-0.15, -0.1) is 0 Å². The molecule has 0 spiro atoms. The molecular formula is C53H37NO. The molecule has 0 radical (unpaired) electrons. The van der Waals surface area contributed by atoms with Crippen LogP contribution in [0.25, 0.3) is 77.2 Å². The van der Waals surface area contributed by atoms with Crippen LogP contribution in [0.3, 0.4) is 0 Å². The number of rotatable bonds is 7. The SMILES string of the molecule is Cc1cccc2oc3cc(N(c4ccc(-c5cc(-c6ccccc6)cc(-c6ccccc6)c5)cc4)c4cc5ccccc5cc4-c4ccccc4)ccc3c12. The lowest BCUT2D eigenvalue weighted by Crippen LogP contribution is -2.11. The summed E-state index contributed by atoms with van der Waals surface area (Å²) in [5, 5.41) is 4.69. The first kappa shape index (κ1) is 32.5. The van der Waals surface area contributed by atoms with Gasteiger partial charge < -0.3 is 9.32 Å². The van der Waals surface area contributed by atoms with Crippen LogP contribution in [0.4, 0.5) is 17.1 Å². The van der Waals surface area contributed by atoms with E-state index in [4.69, 9.17) is 4.42 Å². The van der Waals surface area contributed by atoms with E-state index in [0.717, 1.165) is 50.3 Å². The summed E-state index contributed by atoms with van der Waals surface area (Å²) in [4.78, 5) is 2.38. The van der Waals surface area contributed by atoms with Crippen LogP contribution < -0.4 is 4.90 Å². The van der Waals surface area contributed by atoms with Gasteiger partial charge in [0.15, 0.2) is 0 Å². The molecule has 260 valence electrons. The van der Waals surface area contributed by atoms with E-state index in [1.807, 2.05) is 0 Å². The third kappa shape index (κ3) is 6.04. The summed E-state index contributed by atoms with van der Waals surface area (Å²) in [5.74, 6) is 0. The minimum Gasteiger partial charge on any atom is -0.456 e. The molecule has 0 fully saturated rings. The topological polar surface area (TPSA) is 16.4 Å². The molecule has 10 rings (SSSR count). The standard InChI is InChI=1S/C53H37NO/c1-36-14-13-23-51-53(36)48-29-28-47(35-52(48)55-51)54(50-34-42-22-12-11-21-41(42)33-49(50)40-19-9-4-10-20-40)46-26-24-39(25-27-46)45-31-43(37-15-5-2-6-16-37)30-44(32-45)38-17-7-3-8-18-38/h2-35H,1H3. The molecule has 0 unspecified atom stereocenters. The molecule has 55 heavy (non-hydrogen) atoms. The van der Waals surface area contributed by atoms with Gasteiger partial charge in [0, 0.05) is 33.8 Å². The molecule has 1 aromatic heterocycles. The van der Waals surface area contributed by atoms with Crippen molar-refractivity contribution in [2.75, 3.05) is 4.90 Å². The lowest BCUT2D eigenvalue weighted by Gasteiger charge is -2.28. The average Bonchev–Trinajstić information content (AvgIpc) is 3.64. The maximum atomic E-state index is 6.53. The van der Waals surface area contributed by atoms with Crippen LogP contribution in [0, 0.1) is 6.92 Å². The van der Waals surface area contributed by atoms with E-state index in [-0.39, 0.29) is 0 Å². The zero-order valence-corrected chi connectivity index (χ0v) is 30.5. The molecule has 1 heterocycles. The Bertz CT molecular complexity index is 2910. The smallest absolute Gasteiger partial charge is 0.137 e. The number of furan rings is 1. The number of hydrogen-bond acceptors (Lipinski definition) is 2. The van der Waals surface area contributed by atoms with Gasteiger partial charge in [0.2, 0.25) is 0 Å². The predicted molar refractivity (Wildman–Crippen MR) is 232 cm³/mol. The Balaban J connectivity index is 1.16. The highest BCUT2D eigenvalue weighted by atomic mass is 16.3. The van der Waals surface area contributed by atoms with Gasteiger partial charge in [-0.1, -0.05) is 140 Å². The maximum Gasteiger partial charge on any atom is 0.137 e. The molecule has 0 aliphatic rings. The van der Waals surface area contributed by atoms with Crippen molar-refractivity contribution in [1.82, 2.24) is 0 Å². The summed E-state index contributed by atoms with van der Waals surface area (Å²) in [7, 11) is 0. The highest BCUT2D eigenvalue weighted by molar-refractivity contribution is 6.08. The first-order valence-corrected chi connectivity index (χ1v) is 18.8. The first-order valence-electron chi connectivity index (χ1n) is 18.8. The maximum absolute atomic E-state index is 6.53. The largest absolute Gasteiger partial charge is 0.456 e. The van der Waals surface area contributed by atoms with Crippen LogP contribution >= 0.6 is 0 Å². The van der Waals surface area contributed by atoms with Crippen LogP contribution in [-0.4, -0.2) is 0 Å². The molecule has 2 nitrogen and oxygen atoms in total. The monoisotopic (exact) mass is 703 g/mol. The molecule has 0 aliphatic carbocycles. The fraction of sp³-hybridized carbons (Fsp3) is 0.0189. The lowest BCUT2D eigenvalue weighted by atomic mass is 9.93. The van der Waals surface area contributed by atoms with Crippen molar-refractivity contribution in [2.24, 2.45) is 0 Å². The van der Waals surface area contributed by atoms with Crippen molar-refractivity contribution in [3.05, 3.63) is 212 Å². The molecule has 0 atom stereocenters. The highest BCUT2D eigenvalue weighted by Crippen LogP contribution is 2.45. The van der Waals surface area contributed by atoms with E-state index in [0.29, 0.717) is 0 Å². The second-order valence-corrected chi connectivity index (χ2v) is 14.2. The Morgan fingerprint density at radius 3 is 1.51 bits per heavy atom. The fourth-order valence-corrected chi connectivity index (χ4v) is 8.01. The summed E-state index contributed by atoms with van der Waals surface area (Å²) in [6.45, 7) is 2.15. The van der Waals surface area contributed by atoms with E-state index in [1.165, 1.54) is 49.5 Å². The Labute approximate surface area is 321 Å². The molecule has 0 N–H and O–H groups in total. The van der Waals surface area contributed by atoms with E-state index >= 15 is 0 Å². The van der Waals surface area contributed by atoms with Gasteiger partial charge >= 0.3 is 0 Å². The zero-order valence-electron chi connectivity index (χ0n) is 30.5. The van der Waals surface area contributed by atoms with Crippen molar-refractivity contribution in [3.8, 4) is 44.5 Å². The van der Waals surface area contributed by atoms with Crippen molar-refractivity contribution in [1.29, 1.82) is 0 Å². The van der Waals surface area contributed by atoms with Gasteiger partial charge in [0.1, 0.15) is 11.2 Å². The second-order valence-electron chi connectivity index (χ2n) is 14.2. The van der Waals surface area contributed by atoms with Crippen molar-refractivity contribution < 1.29 is 4.42 Å². The van der Waals surface area contributed by atoms with Crippen LogP contribution in [0.5, 0.6) is 0 Å². The van der Waals surface area contributed by atoms with Gasteiger partial charge in [-0.3, -0.25) is 0 Å². The number of fused-ring (bicyclic) bond motifs is 4. The van der Waals surface area contributed by atoms with Gasteiger partial charge in [0.05, 0.1) is 5.69 Å². The predicted octanol–water partition coefficient (Wildman–Crippen LogP) is 15.2. The third-order valence-corrected chi connectivity index (χ3v) is 10.7. The molecule has 0 aliphatic heterocycles. The minimum absolute atomic E-state index is 0.872. The van der Waals surface area contributed by atoms with Crippen LogP contribution in [-0.2, 0) is 0 Å². The Morgan fingerprint density at radius 1 is 0.364 bits per heavy atom. The summed E-state index contributed by atoms with van der Waals surface area (Å²) >= 11 is 0. The number of hydrogen-bond donors (Lipinski definition) is 0.